The van der Waals surface area contributed by atoms with Gasteiger partial charge in [-0.15, -0.1) is 0 Å². The van der Waals surface area contributed by atoms with E-state index in [-0.39, 0.29) is 12.3 Å². The predicted molar refractivity (Wildman–Crippen MR) is 60.8 cm³/mol. The smallest absolute Gasteiger partial charge is 0.271 e. The number of rotatable bonds is 4. The van der Waals surface area contributed by atoms with E-state index in [2.05, 4.69) is 15.2 Å². The van der Waals surface area contributed by atoms with Crippen LogP contribution in [0.1, 0.15) is 0 Å². The lowest BCUT2D eigenvalue weighted by Gasteiger charge is -1.98. The second-order valence-electron chi connectivity index (χ2n) is 3.67. The lowest BCUT2D eigenvalue weighted by molar-refractivity contribution is -0.750. The predicted octanol–water partition coefficient (Wildman–Crippen LogP) is -0.948. The lowest BCUT2D eigenvalue weighted by Crippen LogP contribution is -2.40. The number of aromatic nitrogens is 5. The average Bonchev–Trinajstić information content (AvgIpc) is 2.73. The van der Waals surface area contributed by atoms with E-state index in [1.807, 2.05) is 0 Å². The number of hydrogen-bond donors (Lipinski definition) is 1. The van der Waals surface area contributed by atoms with Gasteiger partial charge in [-0.2, -0.15) is 13.5 Å². The van der Waals surface area contributed by atoms with E-state index in [1.54, 1.807) is 30.2 Å². The Morgan fingerprint density at radius 1 is 1.50 bits per heavy atom. The topological polar surface area (TPSA) is 102 Å². The first-order valence-electron chi connectivity index (χ1n) is 5.11. The fourth-order valence-corrected chi connectivity index (χ4v) is 1.83. The molecule has 0 saturated carbocycles. The quantitative estimate of drug-likeness (QED) is 0.568. The molecule has 96 valence electrons. The van der Waals surface area contributed by atoms with Gasteiger partial charge >= 0.3 is 0 Å². The van der Waals surface area contributed by atoms with Gasteiger partial charge < -0.3 is 0 Å². The molecular weight excluding hydrogens is 258 g/mol. The highest BCUT2D eigenvalue weighted by Crippen LogP contribution is 2.11. The van der Waals surface area contributed by atoms with Gasteiger partial charge in [0.2, 0.25) is 0 Å². The molecular formula is C9H12N5O3S+. The van der Waals surface area contributed by atoms with Crippen LogP contribution < -0.4 is 4.68 Å². The average molecular weight is 270 g/mol. The minimum Gasteiger partial charge on any atom is -0.285 e. The summed E-state index contributed by atoms with van der Waals surface area (Å²) < 4.78 is 32.9. The van der Waals surface area contributed by atoms with Crippen molar-refractivity contribution in [3.8, 4) is 11.4 Å². The molecule has 1 N–H and O–H groups in total. The standard InChI is InChI=1S/C9H11N5O3S/c1-13-9(10-7-12-13)8-2-3-14(11-6-8)4-5-18(15,16)17/h2-3,6-7H,4-5H2,1H3/p+1. The maximum Gasteiger partial charge on any atom is 0.271 e. The molecule has 0 unspecified atom stereocenters. The summed E-state index contributed by atoms with van der Waals surface area (Å²) in [5.41, 5.74) is 0.776. The van der Waals surface area contributed by atoms with Crippen LogP contribution in [-0.4, -0.2) is 38.6 Å². The third kappa shape index (κ3) is 3.08. The van der Waals surface area contributed by atoms with Crippen molar-refractivity contribution < 1.29 is 17.7 Å². The van der Waals surface area contributed by atoms with Gasteiger partial charge in [-0.05, 0) is 5.10 Å². The summed E-state index contributed by atoms with van der Waals surface area (Å²) in [6, 6.07) is 1.75. The third-order valence-electron chi connectivity index (χ3n) is 2.32. The third-order valence-corrected chi connectivity index (χ3v) is 3.02. The number of nitrogens with zero attached hydrogens (tertiary/aromatic N) is 5. The summed E-state index contributed by atoms with van der Waals surface area (Å²) in [5.74, 6) is 0.304. The van der Waals surface area contributed by atoms with Crippen LogP contribution in [0.5, 0.6) is 0 Å². The monoisotopic (exact) mass is 270 g/mol. The Kier molecular flexibility index (Phi) is 3.34. The van der Waals surface area contributed by atoms with Gasteiger partial charge in [0.15, 0.2) is 18.6 Å². The van der Waals surface area contributed by atoms with Crippen molar-refractivity contribution in [2.75, 3.05) is 5.75 Å². The molecule has 0 aliphatic carbocycles. The maximum absolute atomic E-state index is 10.6. The van der Waals surface area contributed by atoms with Crippen molar-refractivity contribution in [1.82, 2.24) is 19.9 Å². The highest BCUT2D eigenvalue weighted by Gasteiger charge is 2.12. The van der Waals surface area contributed by atoms with Crippen LogP contribution in [0.2, 0.25) is 0 Å². The summed E-state index contributed by atoms with van der Waals surface area (Å²) in [6.07, 6.45) is 4.62. The van der Waals surface area contributed by atoms with Crippen LogP contribution in [0.15, 0.2) is 24.8 Å². The SMILES string of the molecule is Cn1ncnc1-c1cc[n+](CCS(=O)(=O)O)nc1. The molecule has 8 nitrogen and oxygen atoms in total. The molecule has 0 amide bonds. The van der Waals surface area contributed by atoms with E-state index >= 15 is 0 Å². The first kappa shape index (κ1) is 12.6. The molecule has 2 heterocycles. The summed E-state index contributed by atoms with van der Waals surface area (Å²) >= 11 is 0. The van der Waals surface area contributed by atoms with Crippen LogP contribution in [0.3, 0.4) is 0 Å². The normalized spacial score (nSPS) is 11.7. The van der Waals surface area contributed by atoms with Crippen molar-refractivity contribution in [2.45, 2.75) is 6.54 Å². The molecule has 2 aromatic rings. The van der Waals surface area contributed by atoms with E-state index in [0.717, 1.165) is 5.56 Å². The van der Waals surface area contributed by atoms with Crippen LogP contribution >= 0.6 is 0 Å². The minimum atomic E-state index is -3.97. The van der Waals surface area contributed by atoms with E-state index < -0.39 is 10.1 Å². The second kappa shape index (κ2) is 4.78. The number of aryl methyl sites for hydroxylation is 2. The molecule has 0 bridgehead atoms. The maximum atomic E-state index is 10.6. The van der Waals surface area contributed by atoms with E-state index in [0.29, 0.717) is 5.82 Å². The Bertz CT molecular complexity index is 634. The van der Waals surface area contributed by atoms with Crippen LogP contribution in [0.4, 0.5) is 0 Å². The Balaban J connectivity index is 2.13. The van der Waals surface area contributed by atoms with E-state index in [4.69, 9.17) is 4.55 Å². The first-order valence-corrected chi connectivity index (χ1v) is 6.72. The van der Waals surface area contributed by atoms with Crippen LogP contribution in [-0.2, 0) is 23.7 Å². The lowest BCUT2D eigenvalue weighted by atomic mass is 10.3. The Morgan fingerprint density at radius 3 is 2.78 bits per heavy atom. The van der Waals surface area contributed by atoms with Gasteiger partial charge in [-0.1, -0.05) is 4.68 Å². The van der Waals surface area contributed by atoms with Crippen LogP contribution in [0, 0.1) is 0 Å². The highest BCUT2D eigenvalue weighted by atomic mass is 32.2. The summed E-state index contributed by atoms with van der Waals surface area (Å²) in [5, 5.41) is 7.98. The van der Waals surface area contributed by atoms with Crippen molar-refractivity contribution in [3.63, 3.8) is 0 Å². The van der Waals surface area contributed by atoms with Gasteiger partial charge in [-0.25, -0.2) is 9.67 Å². The Labute approximate surface area is 104 Å². The molecule has 0 atom stereocenters. The molecule has 0 spiro atoms. The zero-order valence-corrected chi connectivity index (χ0v) is 10.4. The summed E-state index contributed by atoms with van der Waals surface area (Å²) in [6.45, 7) is 0.0952. The molecule has 0 saturated heterocycles. The molecule has 0 radical (unpaired) electrons. The molecule has 18 heavy (non-hydrogen) atoms. The fraction of sp³-hybridized carbons (Fsp3) is 0.333. The highest BCUT2D eigenvalue weighted by molar-refractivity contribution is 7.85. The molecule has 2 rings (SSSR count). The zero-order valence-electron chi connectivity index (χ0n) is 9.63. The van der Waals surface area contributed by atoms with Gasteiger partial charge in [0, 0.05) is 18.7 Å². The van der Waals surface area contributed by atoms with Gasteiger partial charge in [0.05, 0.1) is 0 Å². The van der Waals surface area contributed by atoms with Crippen molar-refractivity contribution >= 4 is 10.1 Å². The first-order chi connectivity index (χ1) is 8.46. The van der Waals surface area contributed by atoms with Crippen molar-refractivity contribution in [1.29, 1.82) is 0 Å². The van der Waals surface area contributed by atoms with Gasteiger partial charge in [0.1, 0.15) is 18.3 Å². The molecule has 0 aliphatic heterocycles. The second-order valence-corrected chi connectivity index (χ2v) is 5.24. The van der Waals surface area contributed by atoms with E-state index in [1.165, 1.54) is 11.0 Å². The van der Waals surface area contributed by atoms with Gasteiger partial charge in [-0.3, -0.25) is 4.55 Å². The summed E-state index contributed by atoms with van der Waals surface area (Å²) in [7, 11) is -2.20. The van der Waals surface area contributed by atoms with Crippen LogP contribution in [0.25, 0.3) is 11.4 Å². The molecule has 2 aromatic heterocycles. The largest absolute Gasteiger partial charge is 0.285 e. The summed E-state index contributed by atoms with van der Waals surface area (Å²) in [4.78, 5) is 4.07. The molecule has 9 heteroatoms. The number of hydrogen-bond acceptors (Lipinski definition) is 5. The van der Waals surface area contributed by atoms with Crippen molar-refractivity contribution in [3.05, 3.63) is 24.8 Å². The molecule has 0 aromatic carbocycles. The van der Waals surface area contributed by atoms with Gasteiger partial charge in [0.25, 0.3) is 10.1 Å². The Hall–Kier alpha value is -1.87. The molecule has 0 fully saturated rings. The van der Waals surface area contributed by atoms with E-state index in [9.17, 15) is 8.42 Å². The Morgan fingerprint density at radius 2 is 2.28 bits per heavy atom. The zero-order chi connectivity index (χ0) is 13.2. The molecule has 0 aliphatic rings. The minimum absolute atomic E-state index is 0.0952. The fourth-order valence-electron chi connectivity index (χ4n) is 1.42. The van der Waals surface area contributed by atoms with Crippen molar-refractivity contribution in [2.24, 2.45) is 7.05 Å².